The predicted molar refractivity (Wildman–Crippen MR) is 76.5 cm³/mol. The number of nitrogens with one attached hydrogen (secondary N) is 1. The van der Waals surface area contributed by atoms with Crippen molar-refractivity contribution in [3.05, 3.63) is 31.9 Å². The van der Waals surface area contributed by atoms with E-state index >= 15 is 0 Å². The highest BCUT2D eigenvalue weighted by Gasteiger charge is 2.28. The molecule has 88 valence electrons. The van der Waals surface area contributed by atoms with Gasteiger partial charge in [0.2, 0.25) is 0 Å². The molecule has 0 amide bonds. The molecule has 0 unspecified atom stereocenters. The highest BCUT2D eigenvalue weighted by molar-refractivity contribution is 9.11. The standard InChI is InChI=1S/C11H9Br2N3S/c12-6-1-4-8(9(13)5-6)10-14-15-11(17)16(10)7-2-3-7/h1,4-5,7H,2-3H2,(H,15,17). The van der Waals surface area contributed by atoms with Gasteiger partial charge >= 0.3 is 0 Å². The average Bonchev–Trinajstić information content (AvgIpc) is 3.03. The molecule has 1 fully saturated rings. The molecule has 3 rings (SSSR count). The molecule has 1 saturated carbocycles. The lowest BCUT2D eigenvalue weighted by atomic mass is 10.2. The van der Waals surface area contributed by atoms with Gasteiger partial charge in [-0.2, -0.15) is 5.10 Å². The third-order valence-corrected chi connectivity index (χ3v) is 4.23. The van der Waals surface area contributed by atoms with E-state index in [1.165, 1.54) is 12.8 Å². The molecule has 1 N–H and O–H groups in total. The molecule has 1 aromatic carbocycles. The Kier molecular flexibility index (Phi) is 2.96. The van der Waals surface area contributed by atoms with Crippen molar-refractivity contribution in [2.45, 2.75) is 18.9 Å². The number of aromatic nitrogens is 3. The third kappa shape index (κ3) is 2.13. The van der Waals surface area contributed by atoms with E-state index in [2.05, 4.69) is 46.6 Å². The summed E-state index contributed by atoms with van der Waals surface area (Å²) in [5, 5.41) is 7.22. The summed E-state index contributed by atoms with van der Waals surface area (Å²) in [6.07, 6.45) is 2.38. The summed E-state index contributed by atoms with van der Waals surface area (Å²) in [6.45, 7) is 0. The molecule has 1 aliphatic carbocycles. The van der Waals surface area contributed by atoms with Crippen molar-refractivity contribution in [1.82, 2.24) is 14.8 Å². The molecule has 6 heteroatoms. The minimum absolute atomic E-state index is 0.520. The van der Waals surface area contributed by atoms with Crippen molar-refractivity contribution in [3.63, 3.8) is 0 Å². The van der Waals surface area contributed by atoms with Gasteiger partial charge < -0.3 is 0 Å². The molecule has 0 atom stereocenters. The maximum Gasteiger partial charge on any atom is 0.195 e. The molecule has 17 heavy (non-hydrogen) atoms. The monoisotopic (exact) mass is 373 g/mol. The summed E-state index contributed by atoms with van der Waals surface area (Å²) in [5.74, 6) is 0.914. The van der Waals surface area contributed by atoms with Crippen LogP contribution in [-0.4, -0.2) is 14.8 Å². The van der Waals surface area contributed by atoms with Crippen LogP contribution in [0.5, 0.6) is 0 Å². The van der Waals surface area contributed by atoms with Gasteiger partial charge in [0.25, 0.3) is 0 Å². The fraction of sp³-hybridized carbons (Fsp3) is 0.273. The van der Waals surface area contributed by atoms with Gasteiger partial charge in [0.05, 0.1) is 0 Å². The fourth-order valence-electron chi connectivity index (χ4n) is 1.84. The van der Waals surface area contributed by atoms with Crippen molar-refractivity contribution in [1.29, 1.82) is 0 Å². The van der Waals surface area contributed by atoms with Gasteiger partial charge in [0.15, 0.2) is 10.6 Å². The number of benzene rings is 1. The molecule has 1 aliphatic rings. The molecule has 3 nitrogen and oxygen atoms in total. The molecule has 0 saturated heterocycles. The number of halogens is 2. The second-order valence-electron chi connectivity index (χ2n) is 4.08. The van der Waals surface area contributed by atoms with E-state index in [0.29, 0.717) is 10.8 Å². The van der Waals surface area contributed by atoms with Crippen molar-refractivity contribution in [2.75, 3.05) is 0 Å². The van der Waals surface area contributed by atoms with Gasteiger partial charge in [-0.3, -0.25) is 9.67 Å². The summed E-state index contributed by atoms with van der Waals surface area (Å²) in [7, 11) is 0. The second kappa shape index (κ2) is 4.33. The Labute approximate surface area is 120 Å². The zero-order valence-corrected chi connectivity index (χ0v) is 12.8. The van der Waals surface area contributed by atoms with Crippen LogP contribution in [0, 0.1) is 4.77 Å². The smallest absolute Gasteiger partial charge is 0.195 e. The van der Waals surface area contributed by atoms with Gasteiger partial charge in [-0.15, -0.1) is 0 Å². The van der Waals surface area contributed by atoms with E-state index in [1.807, 2.05) is 18.2 Å². The second-order valence-corrected chi connectivity index (χ2v) is 6.23. The first kappa shape index (κ1) is 11.6. The number of nitrogens with zero attached hydrogens (tertiary/aromatic N) is 2. The Bertz CT molecular complexity index is 628. The van der Waals surface area contributed by atoms with Crippen LogP contribution in [-0.2, 0) is 0 Å². The maximum atomic E-state index is 5.28. The molecule has 0 spiro atoms. The summed E-state index contributed by atoms with van der Waals surface area (Å²) in [4.78, 5) is 0. The van der Waals surface area contributed by atoms with Crippen molar-refractivity contribution < 1.29 is 0 Å². The quantitative estimate of drug-likeness (QED) is 0.787. The maximum absolute atomic E-state index is 5.28. The largest absolute Gasteiger partial charge is 0.297 e. The number of aromatic amines is 1. The molecule has 0 aliphatic heterocycles. The topological polar surface area (TPSA) is 33.6 Å². The lowest BCUT2D eigenvalue weighted by Gasteiger charge is -2.07. The van der Waals surface area contributed by atoms with E-state index in [0.717, 1.165) is 20.3 Å². The molecule has 1 heterocycles. The van der Waals surface area contributed by atoms with E-state index < -0.39 is 0 Å². The predicted octanol–water partition coefficient (Wildman–Crippen LogP) is 4.47. The number of hydrogen-bond acceptors (Lipinski definition) is 2. The molecular formula is C11H9Br2N3S. The minimum Gasteiger partial charge on any atom is -0.297 e. The zero-order chi connectivity index (χ0) is 12.0. The first-order chi connectivity index (χ1) is 8.16. The zero-order valence-electron chi connectivity index (χ0n) is 8.78. The molecular weight excluding hydrogens is 366 g/mol. The Hall–Kier alpha value is -0.460. The van der Waals surface area contributed by atoms with Crippen LogP contribution in [0.4, 0.5) is 0 Å². The van der Waals surface area contributed by atoms with Crippen LogP contribution in [0.2, 0.25) is 0 Å². The van der Waals surface area contributed by atoms with E-state index in [1.54, 1.807) is 0 Å². The number of rotatable bonds is 2. The van der Waals surface area contributed by atoms with Crippen molar-refractivity contribution in [2.24, 2.45) is 0 Å². The Morgan fingerprint density at radius 1 is 1.35 bits per heavy atom. The molecule has 2 aromatic rings. The van der Waals surface area contributed by atoms with Gasteiger partial charge in [-0.25, -0.2) is 0 Å². The SMILES string of the molecule is S=c1[nH]nc(-c2ccc(Br)cc2Br)n1C1CC1. The van der Waals surface area contributed by atoms with Crippen molar-refractivity contribution in [3.8, 4) is 11.4 Å². The summed E-state index contributed by atoms with van der Waals surface area (Å²) < 4.78 is 4.88. The van der Waals surface area contributed by atoms with Crippen molar-refractivity contribution >= 4 is 44.1 Å². The highest BCUT2D eigenvalue weighted by atomic mass is 79.9. The van der Waals surface area contributed by atoms with Crippen LogP contribution in [0.25, 0.3) is 11.4 Å². The third-order valence-electron chi connectivity index (χ3n) is 2.79. The van der Waals surface area contributed by atoms with Crippen LogP contribution < -0.4 is 0 Å². The van der Waals surface area contributed by atoms with E-state index in [4.69, 9.17) is 12.2 Å². The summed E-state index contributed by atoms with van der Waals surface area (Å²) in [5.41, 5.74) is 1.06. The van der Waals surface area contributed by atoms with Gasteiger partial charge in [-0.1, -0.05) is 15.9 Å². The molecule has 0 radical (unpaired) electrons. The number of hydrogen-bond donors (Lipinski definition) is 1. The lowest BCUT2D eigenvalue weighted by Crippen LogP contribution is -1.98. The average molecular weight is 375 g/mol. The van der Waals surface area contributed by atoms with Crippen LogP contribution in [0.15, 0.2) is 27.1 Å². The normalized spacial score (nSPS) is 15.2. The fourth-order valence-corrected chi connectivity index (χ4v) is 3.34. The Morgan fingerprint density at radius 3 is 2.76 bits per heavy atom. The van der Waals surface area contributed by atoms with Gasteiger partial charge in [0, 0.05) is 20.6 Å². The van der Waals surface area contributed by atoms with Crippen LogP contribution in [0.1, 0.15) is 18.9 Å². The Morgan fingerprint density at radius 2 is 2.12 bits per heavy atom. The van der Waals surface area contributed by atoms with Gasteiger partial charge in [-0.05, 0) is 59.2 Å². The van der Waals surface area contributed by atoms with Crippen LogP contribution in [0.3, 0.4) is 0 Å². The Balaban J connectivity index is 2.18. The first-order valence-corrected chi connectivity index (χ1v) is 7.28. The summed E-state index contributed by atoms with van der Waals surface area (Å²) >= 11 is 12.3. The number of H-pyrrole nitrogens is 1. The van der Waals surface area contributed by atoms with Gasteiger partial charge in [0.1, 0.15) is 0 Å². The molecule has 0 bridgehead atoms. The first-order valence-electron chi connectivity index (χ1n) is 5.29. The molecule has 1 aromatic heterocycles. The lowest BCUT2D eigenvalue weighted by molar-refractivity contribution is 0.735. The highest BCUT2D eigenvalue weighted by Crippen LogP contribution is 2.39. The summed E-state index contributed by atoms with van der Waals surface area (Å²) in [6, 6.07) is 6.59. The van der Waals surface area contributed by atoms with E-state index in [-0.39, 0.29) is 0 Å². The van der Waals surface area contributed by atoms with Crippen LogP contribution >= 0.6 is 44.1 Å². The van der Waals surface area contributed by atoms with E-state index in [9.17, 15) is 0 Å². The minimum atomic E-state index is 0.520.